The predicted molar refractivity (Wildman–Crippen MR) is 38.8 cm³/mol. The van der Waals surface area contributed by atoms with E-state index in [0.29, 0.717) is 5.57 Å². The van der Waals surface area contributed by atoms with Crippen LogP contribution in [0.15, 0.2) is 29.8 Å². The van der Waals surface area contributed by atoms with Crippen LogP contribution in [0, 0.1) is 0 Å². The number of hydrogen-bond acceptors (Lipinski definition) is 2. The number of nitrogens with zero attached hydrogens (tertiary/aromatic N) is 1. The van der Waals surface area contributed by atoms with Crippen LogP contribution in [0.4, 0.5) is 0 Å². The van der Waals surface area contributed by atoms with Crippen LogP contribution < -0.4 is 0 Å². The lowest BCUT2D eigenvalue weighted by atomic mass is 10.2. The van der Waals surface area contributed by atoms with Crippen molar-refractivity contribution in [1.29, 1.82) is 0 Å². The number of Topliss-reactive ketones (excluding diaryl/α,β-unsaturated/α-hetero) is 1. The van der Waals surface area contributed by atoms with Crippen LogP contribution in [0.1, 0.15) is 0 Å². The average Bonchev–Trinajstić information content (AvgIpc) is 1.87. The minimum Gasteiger partial charge on any atom is -0.292 e. The van der Waals surface area contributed by atoms with Crippen LogP contribution in [0.25, 0.3) is 0 Å². The minimum atomic E-state index is -0.187. The van der Waals surface area contributed by atoms with E-state index in [1.807, 2.05) is 0 Å². The molecule has 0 saturated heterocycles. The number of aliphatic imine (C=N–C) groups is 1. The van der Waals surface area contributed by atoms with Gasteiger partial charge in [-0.1, -0.05) is 19.2 Å². The summed E-state index contributed by atoms with van der Waals surface area (Å²) < 4.78 is 0. The molecule has 0 aromatic heterocycles. The van der Waals surface area contributed by atoms with Gasteiger partial charge in [-0.3, -0.25) is 9.79 Å². The molecule has 0 rings (SSSR count). The zero-order valence-electron chi connectivity index (χ0n) is 5.42. The Morgan fingerprint density at radius 2 is 2.22 bits per heavy atom. The maximum absolute atomic E-state index is 10.7. The Kier molecular flexibility index (Phi) is 3.28. The van der Waals surface area contributed by atoms with Crippen LogP contribution in [-0.4, -0.2) is 19.0 Å². The number of rotatable bonds is 3. The summed E-state index contributed by atoms with van der Waals surface area (Å²) in [5, 5.41) is 0. The lowest BCUT2D eigenvalue weighted by molar-refractivity contribution is -0.109. The largest absolute Gasteiger partial charge is 0.292 e. The van der Waals surface area contributed by atoms with Crippen LogP contribution in [0.2, 0.25) is 0 Å². The molecule has 0 unspecified atom stereocenters. The molecule has 48 valence electrons. The van der Waals surface area contributed by atoms with Gasteiger partial charge in [0.1, 0.15) is 0 Å². The second kappa shape index (κ2) is 3.78. The van der Waals surface area contributed by atoms with E-state index in [1.165, 1.54) is 19.3 Å². The lowest BCUT2D eigenvalue weighted by Gasteiger charge is -1.86. The molecule has 0 aliphatic heterocycles. The molecule has 2 heteroatoms. The molecule has 2 nitrogen and oxygen atoms in total. The molecular formula is C7H9NO. The number of hydrogen-bond donors (Lipinski definition) is 0. The van der Waals surface area contributed by atoms with Gasteiger partial charge in [0, 0.05) is 12.6 Å². The maximum atomic E-state index is 10.7. The van der Waals surface area contributed by atoms with Crippen molar-refractivity contribution in [1.82, 2.24) is 0 Å². The first-order valence-electron chi connectivity index (χ1n) is 2.50. The molecule has 0 N–H and O–H groups in total. The lowest BCUT2D eigenvalue weighted by Crippen LogP contribution is -1.99. The van der Waals surface area contributed by atoms with Crippen molar-refractivity contribution in [2.45, 2.75) is 0 Å². The normalized spacial score (nSPS) is 9.44. The van der Waals surface area contributed by atoms with Crippen molar-refractivity contribution < 1.29 is 4.79 Å². The smallest absolute Gasteiger partial charge is 0.202 e. The summed E-state index contributed by atoms with van der Waals surface area (Å²) in [6.07, 6.45) is 2.62. The van der Waals surface area contributed by atoms with Gasteiger partial charge in [0.15, 0.2) is 0 Å². The number of allylic oxidation sites excluding steroid dienone is 2. The van der Waals surface area contributed by atoms with Crippen molar-refractivity contribution in [3.8, 4) is 0 Å². The summed E-state index contributed by atoms with van der Waals surface area (Å²) in [6.45, 7) is 6.81. The summed E-state index contributed by atoms with van der Waals surface area (Å²) in [6, 6.07) is 0. The molecular weight excluding hydrogens is 114 g/mol. The topological polar surface area (TPSA) is 29.4 Å². The fraction of sp³-hybridized carbons (Fsp3) is 0.143. The van der Waals surface area contributed by atoms with Gasteiger partial charge in [-0.2, -0.15) is 0 Å². The van der Waals surface area contributed by atoms with E-state index in [2.05, 4.69) is 18.2 Å². The molecule has 0 heterocycles. The molecule has 0 fully saturated rings. The van der Waals surface area contributed by atoms with Gasteiger partial charge in [-0.05, 0) is 0 Å². The van der Waals surface area contributed by atoms with E-state index in [4.69, 9.17) is 0 Å². The number of carbonyl (C=O) groups excluding carboxylic acids is 1. The zero-order chi connectivity index (χ0) is 7.28. The summed E-state index contributed by atoms with van der Waals surface area (Å²) in [5.74, 6) is -0.187. The molecule has 9 heavy (non-hydrogen) atoms. The van der Waals surface area contributed by atoms with Gasteiger partial charge in [0.25, 0.3) is 0 Å². The minimum absolute atomic E-state index is 0.187. The highest BCUT2D eigenvalue weighted by atomic mass is 16.1. The van der Waals surface area contributed by atoms with E-state index in [9.17, 15) is 4.79 Å². The highest BCUT2D eigenvalue weighted by Gasteiger charge is 1.95. The standard InChI is InChI=1S/C7H9NO/c1-4-6(2)7(9)5-8-3/h4-5H,1-2H2,3H3. The quantitative estimate of drug-likeness (QED) is 0.312. The predicted octanol–water partition coefficient (Wildman–Crippen LogP) is 0.998. The Bertz CT molecular complexity index is 168. The summed E-state index contributed by atoms with van der Waals surface area (Å²) in [7, 11) is 1.54. The number of carbonyl (C=O) groups is 1. The van der Waals surface area contributed by atoms with Crippen molar-refractivity contribution in [3.05, 3.63) is 24.8 Å². The van der Waals surface area contributed by atoms with Gasteiger partial charge in [0.05, 0.1) is 6.21 Å². The van der Waals surface area contributed by atoms with E-state index in [1.54, 1.807) is 0 Å². The van der Waals surface area contributed by atoms with E-state index in [0.717, 1.165) is 0 Å². The SMILES string of the molecule is C=CC(=C)C(=O)C=NC. The Balaban J connectivity index is 4.04. The van der Waals surface area contributed by atoms with Crippen molar-refractivity contribution in [2.24, 2.45) is 4.99 Å². The monoisotopic (exact) mass is 123 g/mol. The molecule has 0 aromatic rings. The fourth-order valence-electron chi connectivity index (χ4n) is 0.301. The highest BCUT2D eigenvalue weighted by molar-refractivity contribution is 6.35. The van der Waals surface area contributed by atoms with E-state index >= 15 is 0 Å². The van der Waals surface area contributed by atoms with Gasteiger partial charge in [-0.15, -0.1) is 0 Å². The van der Waals surface area contributed by atoms with E-state index in [-0.39, 0.29) is 5.78 Å². The third-order valence-electron chi connectivity index (χ3n) is 0.809. The molecule has 0 aromatic carbocycles. The third-order valence-corrected chi connectivity index (χ3v) is 0.809. The molecule has 0 saturated carbocycles. The second-order valence-corrected chi connectivity index (χ2v) is 1.48. The third kappa shape index (κ3) is 2.59. The molecule has 0 aliphatic rings. The Morgan fingerprint density at radius 1 is 1.67 bits per heavy atom. The zero-order valence-corrected chi connectivity index (χ0v) is 5.42. The van der Waals surface area contributed by atoms with Crippen molar-refractivity contribution >= 4 is 12.0 Å². The molecule has 0 radical (unpaired) electrons. The maximum Gasteiger partial charge on any atom is 0.202 e. The number of ketones is 1. The molecule has 0 atom stereocenters. The fourth-order valence-corrected chi connectivity index (χ4v) is 0.301. The van der Waals surface area contributed by atoms with Crippen LogP contribution in [0.5, 0.6) is 0 Å². The first-order chi connectivity index (χ1) is 4.22. The van der Waals surface area contributed by atoms with Gasteiger partial charge in [-0.25, -0.2) is 0 Å². The molecule has 0 bridgehead atoms. The van der Waals surface area contributed by atoms with E-state index < -0.39 is 0 Å². The first-order valence-corrected chi connectivity index (χ1v) is 2.50. The van der Waals surface area contributed by atoms with Gasteiger partial charge < -0.3 is 0 Å². The summed E-state index contributed by atoms with van der Waals surface area (Å²) in [4.78, 5) is 14.2. The van der Waals surface area contributed by atoms with Crippen LogP contribution in [-0.2, 0) is 4.79 Å². The summed E-state index contributed by atoms with van der Waals surface area (Å²) >= 11 is 0. The van der Waals surface area contributed by atoms with Crippen LogP contribution in [0.3, 0.4) is 0 Å². The van der Waals surface area contributed by atoms with Crippen molar-refractivity contribution in [2.75, 3.05) is 7.05 Å². The molecule has 0 amide bonds. The van der Waals surface area contributed by atoms with Gasteiger partial charge in [0.2, 0.25) is 5.78 Å². The van der Waals surface area contributed by atoms with Gasteiger partial charge >= 0.3 is 0 Å². The Hall–Kier alpha value is -1.18. The Labute approximate surface area is 54.6 Å². The van der Waals surface area contributed by atoms with Crippen molar-refractivity contribution in [3.63, 3.8) is 0 Å². The molecule has 0 aliphatic carbocycles. The molecule has 0 spiro atoms. The highest BCUT2D eigenvalue weighted by Crippen LogP contribution is 1.89. The second-order valence-electron chi connectivity index (χ2n) is 1.48. The average molecular weight is 123 g/mol. The van der Waals surface area contributed by atoms with Crippen LogP contribution >= 0.6 is 0 Å². The Morgan fingerprint density at radius 3 is 2.56 bits per heavy atom. The summed E-state index contributed by atoms with van der Waals surface area (Å²) in [5.41, 5.74) is 0.376. The first kappa shape index (κ1) is 7.82.